The van der Waals surface area contributed by atoms with Gasteiger partial charge in [-0.2, -0.15) is 0 Å². The molecule has 2 aromatic carbocycles. The van der Waals surface area contributed by atoms with Crippen molar-refractivity contribution in [2.45, 2.75) is 19.6 Å². The number of hydrogen-bond donors (Lipinski definition) is 1. The summed E-state index contributed by atoms with van der Waals surface area (Å²) in [4.78, 5) is 26.8. The third-order valence-electron chi connectivity index (χ3n) is 5.89. The maximum absolute atomic E-state index is 15.3. The van der Waals surface area contributed by atoms with Crippen molar-refractivity contribution < 1.29 is 13.9 Å². The van der Waals surface area contributed by atoms with Gasteiger partial charge >= 0.3 is 0 Å². The van der Waals surface area contributed by atoms with Gasteiger partial charge in [-0.25, -0.2) is 14.4 Å². The van der Waals surface area contributed by atoms with E-state index in [1.807, 2.05) is 41.1 Å². The number of rotatable bonds is 7. The van der Waals surface area contributed by atoms with Gasteiger partial charge < -0.3 is 19.5 Å². The molecule has 0 unspecified atom stereocenters. The van der Waals surface area contributed by atoms with E-state index in [-0.39, 0.29) is 11.6 Å². The average Bonchev–Trinajstić information content (AvgIpc) is 3.25. The Morgan fingerprint density at radius 2 is 1.97 bits per heavy atom. The van der Waals surface area contributed by atoms with Crippen LogP contribution in [0.5, 0.6) is 5.75 Å². The number of amides is 1. The molecule has 0 saturated heterocycles. The predicted molar refractivity (Wildman–Crippen MR) is 137 cm³/mol. The van der Waals surface area contributed by atoms with Crippen LogP contribution in [0.2, 0.25) is 0 Å². The fraction of sp³-hybridized carbons (Fsp3) is 0.185. The molecule has 8 nitrogen and oxygen atoms in total. The Bertz CT molecular complexity index is 1550. The molecule has 0 bridgehead atoms. The number of nitrogens with one attached hydrogen (secondary N) is 1. The van der Waals surface area contributed by atoms with Gasteiger partial charge in [0, 0.05) is 37.9 Å². The summed E-state index contributed by atoms with van der Waals surface area (Å²) in [7, 11) is 3.34. The molecule has 5 aromatic rings. The first-order valence-corrected chi connectivity index (χ1v) is 11.5. The Balaban J connectivity index is 1.49. The fourth-order valence-electron chi connectivity index (χ4n) is 4.12. The van der Waals surface area contributed by atoms with E-state index < -0.39 is 11.9 Å². The largest absolute Gasteiger partial charge is 0.480 e. The number of carbonyl (C=O) groups is 1. The molecule has 1 atom stereocenters. The summed E-state index contributed by atoms with van der Waals surface area (Å²) in [5.74, 6) is 0.211. The lowest BCUT2D eigenvalue weighted by molar-refractivity contribution is -0.135. The second kappa shape index (κ2) is 9.61. The molecule has 3 aromatic heterocycles. The van der Waals surface area contributed by atoms with Gasteiger partial charge in [-0.05, 0) is 43.3 Å². The second-order valence-electron chi connectivity index (χ2n) is 8.65. The Kier molecular flexibility index (Phi) is 6.20. The van der Waals surface area contributed by atoms with Crippen LogP contribution in [-0.4, -0.2) is 50.5 Å². The van der Waals surface area contributed by atoms with Gasteiger partial charge in [-0.1, -0.05) is 12.1 Å². The highest BCUT2D eigenvalue weighted by Crippen LogP contribution is 2.34. The van der Waals surface area contributed by atoms with E-state index in [0.29, 0.717) is 29.0 Å². The molecule has 0 aliphatic heterocycles. The highest BCUT2D eigenvalue weighted by atomic mass is 19.1. The van der Waals surface area contributed by atoms with E-state index in [2.05, 4.69) is 20.3 Å². The van der Waals surface area contributed by atoms with Crippen LogP contribution in [0.25, 0.3) is 21.8 Å². The minimum Gasteiger partial charge on any atom is -0.480 e. The fourth-order valence-corrected chi connectivity index (χ4v) is 4.12. The summed E-state index contributed by atoms with van der Waals surface area (Å²) in [5.41, 5.74) is 2.53. The lowest BCUT2D eigenvalue weighted by atomic mass is 10.2. The zero-order chi connectivity index (χ0) is 25.2. The molecule has 5 rings (SSSR count). The number of benzene rings is 2. The van der Waals surface area contributed by atoms with Crippen molar-refractivity contribution in [1.82, 2.24) is 24.4 Å². The van der Waals surface area contributed by atoms with Crippen LogP contribution in [0, 0.1) is 5.82 Å². The monoisotopic (exact) mass is 484 g/mol. The van der Waals surface area contributed by atoms with Crippen molar-refractivity contribution >= 4 is 39.2 Å². The minimum atomic E-state index is -0.717. The predicted octanol–water partition coefficient (Wildman–Crippen LogP) is 4.77. The van der Waals surface area contributed by atoms with Gasteiger partial charge in [0.05, 0.1) is 34.3 Å². The Morgan fingerprint density at radius 3 is 2.75 bits per heavy atom. The molecule has 0 fully saturated rings. The van der Waals surface area contributed by atoms with Crippen LogP contribution in [0.1, 0.15) is 12.6 Å². The molecule has 36 heavy (non-hydrogen) atoms. The molecule has 0 radical (unpaired) electrons. The molecule has 0 spiro atoms. The van der Waals surface area contributed by atoms with Crippen LogP contribution < -0.4 is 10.1 Å². The number of carbonyl (C=O) groups excluding carboxylic acids is 1. The molecular weight excluding hydrogens is 459 g/mol. The maximum atomic E-state index is 15.3. The zero-order valence-corrected chi connectivity index (χ0v) is 20.1. The Labute approximate surface area is 207 Å². The molecule has 0 aliphatic carbocycles. The second-order valence-corrected chi connectivity index (χ2v) is 8.65. The van der Waals surface area contributed by atoms with Crippen molar-refractivity contribution in [3.05, 3.63) is 84.8 Å². The van der Waals surface area contributed by atoms with E-state index in [1.165, 1.54) is 17.3 Å². The maximum Gasteiger partial charge on any atom is 0.262 e. The lowest BCUT2D eigenvalue weighted by Gasteiger charge is -2.20. The van der Waals surface area contributed by atoms with Crippen molar-refractivity contribution in [2.24, 2.45) is 0 Å². The number of anilines is 2. The van der Waals surface area contributed by atoms with Gasteiger partial charge in [-0.15, -0.1) is 0 Å². The molecule has 3 heterocycles. The van der Waals surface area contributed by atoms with Crippen molar-refractivity contribution in [1.29, 1.82) is 0 Å². The van der Waals surface area contributed by atoms with E-state index in [1.54, 1.807) is 45.4 Å². The number of halogens is 1. The van der Waals surface area contributed by atoms with Crippen LogP contribution >= 0.6 is 0 Å². The molecular formula is C27H25FN6O2. The average molecular weight is 485 g/mol. The first kappa shape index (κ1) is 23.2. The topological polar surface area (TPSA) is 85.2 Å². The van der Waals surface area contributed by atoms with Gasteiger partial charge in [0.2, 0.25) is 0 Å². The quantitative estimate of drug-likeness (QED) is 0.358. The summed E-state index contributed by atoms with van der Waals surface area (Å²) in [6.07, 6.45) is 4.34. The van der Waals surface area contributed by atoms with Gasteiger partial charge in [0.15, 0.2) is 6.10 Å². The minimum absolute atomic E-state index is 0.176. The van der Waals surface area contributed by atoms with Gasteiger partial charge in [-0.3, -0.25) is 9.78 Å². The van der Waals surface area contributed by atoms with E-state index in [0.717, 1.165) is 16.6 Å². The standard InChI is InChI=1S/C27H25FN6O2/c1-17(27(35)33(2)3)36-24-9-6-8-21-25(24)26(31-16-30-21)32-22-13-18-10-12-34(23(18)14-20(22)28)15-19-7-4-5-11-29-19/h4-14,16-17H,15H2,1-3H3,(H,30,31,32)/t17-/m1/s1. The van der Waals surface area contributed by atoms with Crippen LogP contribution in [-0.2, 0) is 11.3 Å². The molecule has 1 amide bonds. The molecule has 0 saturated carbocycles. The third-order valence-corrected chi connectivity index (χ3v) is 5.89. The summed E-state index contributed by atoms with van der Waals surface area (Å²) in [5, 5.41) is 4.54. The lowest BCUT2D eigenvalue weighted by Crippen LogP contribution is -2.35. The summed E-state index contributed by atoms with van der Waals surface area (Å²) in [6, 6.07) is 16.3. The number of nitrogens with zero attached hydrogens (tertiary/aromatic N) is 5. The summed E-state index contributed by atoms with van der Waals surface area (Å²) >= 11 is 0. The summed E-state index contributed by atoms with van der Waals surface area (Å²) < 4.78 is 23.2. The highest BCUT2D eigenvalue weighted by molar-refractivity contribution is 5.97. The Morgan fingerprint density at radius 1 is 1.11 bits per heavy atom. The summed E-state index contributed by atoms with van der Waals surface area (Å²) in [6.45, 7) is 2.22. The highest BCUT2D eigenvalue weighted by Gasteiger charge is 2.20. The van der Waals surface area contributed by atoms with Crippen molar-refractivity contribution in [2.75, 3.05) is 19.4 Å². The first-order valence-electron chi connectivity index (χ1n) is 11.5. The normalized spacial score (nSPS) is 12.0. The van der Waals surface area contributed by atoms with Crippen molar-refractivity contribution in [3.63, 3.8) is 0 Å². The number of ether oxygens (including phenoxy) is 1. The SMILES string of the molecule is C[C@@H](Oc1cccc2ncnc(Nc3cc4ccn(Cc5ccccn5)c4cc3F)c12)C(=O)N(C)C. The molecule has 0 aliphatic rings. The number of hydrogen-bond acceptors (Lipinski definition) is 6. The van der Waals surface area contributed by atoms with Gasteiger partial charge in [0.1, 0.15) is 23.7 Å². The van der Waals surface area contributed by atoms with E-state index in [9.17, 15) is 4.79 Å². The van der Waals surface area contributed by atoms with E-state index >= 15 is 4.39 Å². The van der Waals surface area contributed by atoms with E-state index in [4.69, 9.17) is 4.74 Å². The molecule has 182 valence electrons. The molecule has 1 N–H and O–H groups in total. The van der Waals surface area contributed by atoms with Gasteiger partial charge in [0.25, 0.3) is 5.91 Å². The number of fused-ring (bicyclic) bond motifs is 2. The third kappa shape index (κ3) is 4.55. The van der Waals surface area contributed by atoms with Crippen LogP contribution in [0.4, 0.5) is 15.9 Å². The number of aromatic nitrogens is 4. The van der Waals surface area contributed by atoms with Crippen molar-refractivity contribution in [3.8, 4) is 5.75 Å². The first-order chi connectivity index (χ1) is 17.4. The smallest absolute Gasteiger partial charge is 0.262 e. The van der Waals surface area contributed by atoms with Crippen LogP contribution in [0.15, 0.2) is 73.3 Å². The number of pyridine rings is 1. The number of likely N-dealkylation sites (N-methyl/N-ethyl adjacent to an activating group) is 1. The van der Waals surface area contributed by atoms with Crippen LogP contribution in [0.3, 0.4) is 0 Å². The molecule has 9 heteroatoms. The Hall–Kier alpha value is -4.53. The zero-order valence-electron chi connectivity index (χ0n) is 20.1.